The molecule has 3 heteroatoms. The smallest absolute Gasteiger partial charge is 0.251 e. The van der Waals surface area contributed by atoms with Gasteiger partial charge in [-0.15, -0.1) is 0 Å². The van der Waals surface area contributed by atoms with Gasteiger partial charge in [-0.05, 0) is 12.5 Å². The molecule has 1 atom stereocenters. The van der Waals surface area contributed by atoms with Crippen LogP contribution in [0.25, 0.3) is 0 Å². The Bertz CT molecular complexity index is 252. The summed E-state index contributed by atoms with van der Waals surface area (Å²) in [5.41, 5.74) is 0. The Labute approximate surface area is 77.2 Å². The maximum atomic E-state index is 11.2. The SMILES string of the molecule is CCC(C)Sc1cccc[n+]1[O-]. The van der Waals surface area contributed by atoms with Gasteiger partial charge in [0.05, 0.1) is 0 Å². The van der Waals surface area contributed by atoms with E-state index in [4.69, 9.17) is 0 Å². The molecule has 0 fully saturated rings. The third-order valence-electron chi connectivity index (χ3n) is 1.69. The van der Waals surface area contributed by atoms with Crippen molar-refractivity contribution in [3.8, 4) is 0 Å². The lowest BCUT2D eigenvalue weighted by Crippen LogP contribution is -2.28. The van der Waals surface area contributed by atoms with E-state index in [0.29, 0.717) is 5.25 Å². The molecule has 0 bridgehead atoms. The van der Waals surface area contributed by atoms with Gasteiger partial charge in [0.1, 0.15) is 0 Å². The highest BCUT2D eigenvalue weighted by Gasteiger charge is 2.08. The molecule has 0 amide bonds. The van der Waals surface area contributed by atoms with Gasteiger partial charge in [-0.25, -0.2) is 0 Å². The lowest BCUT2D eigenvalue weighted by atomic mass is 10.4. The van der Waals surface area contributed by atoms with Gasteiger partial charge in [-0.2, -0.15) is 4.73 Å². The number of nitrogens with zero attached hydrogens (tertiary/aromatic N) is 1. The van der Waals surface area contributed by atoms with Gasteiger partial charge in [-0.1, -0.05) is 25.6 Å². The van der Waals surface area contributed by atoms with E-state index in [1.54, 1.807) is 17.8 Å². The molecule has 0 aliphatic carbocycles. The Morgan fingerprint density at radius 2 is 2.33 bits per heavy atom. The normalized spacial score (nSPS) is 12.8. The Hall–Kier alpha value is -0.700. The summed E-state index contributed by atoms with van der Waals surface area (Å²) >= 11 is 1.62. The summed E-state index contributed by atoms with van der Waals surface area (Å²) in [5.74, 6) is 0. The minimum atomic E-state index is 0.507. The number of rotatable bonds is 3. The van der Waals surface area contributed by atoms with Gasteiger partial charge >= 0.3 is 0 Å². The molecule has 0 aliphatic heterocycles. The molecule has 1 unspecified atom stereocenters. The molecule has 0 saturated carbocycles. The standard InChI is InChI=1S/C9H13NOS/c1-3-8(2)12-9-6-4-5-7-10(9)11/h4-8H,3H2,1-2H3. The minimum absolute atomic E-state index is 0.507. The highest BCUT2D eigenvalue weighted by Crippen LogP contribution is 2.20. The predicted octanol–water partition coefficient (Wildman–Crippen LogP) is 2.21. The van der Waals surface area contributed by atoms with Crippen molar-refractivity contribution in [3.63, 3.8) is 0 Å². The zero-order valence-electron chi connectivity index (χ0n) is 7.36. The van der Waals surface area contributed by atoms with Crippen molar-refractivity contribution >= 4 is 11.8 Å². The summed E-state index contributed by atoms with van der Waals surface area (Å²) in [6.45, 7) is 4.24. The molecule has 2 nitrogen and oxygen atoms in total. The first-order chi connectivity index (χ1) is 5.74. The van der Waals surface area contributed by atoms with E-state index in [9.17, 15) is 5.21 Å². The fraction of sp³-hybridized carbons (Fsp3) is 0.444. The topological polar surface area (TPSA) is 26.9 Å². The summed E-state index contributed by atoms with van der Waals surface area (Å²) in [7, 11) is 0. The molecule has 0 radical (unpaired) electrons. The first-order valence-corrected chi connectivity index (χ1v) is 4.97. The third-order valence-corrected chi connectivity index (χ3v) is 2.98. The van der Waals surface area contributed by atoms with E-state index in [1.807, 2.05) is 12.1 Å². The van der Waals surface area contributed by atoms with E-state index in [-0.39, 0.29) is 0 Å². The first kappa shape index (κ1) is 9.39. The van der Waals surface area contributed by atoms with Crippen molar-refractivity contribution in [2.45, 2.75) is 30.5 Å². The van der Waals surface area contributed by atoms with E-state index >= 15 is 0 Å². The third kappa shape index (κ3) is 2.41. The van der Waals surface area contributed by atoms with Crippen LogP contribution in [0.15, 0.2) is 29.4 Å². The second-order valence-electron chi connectivity index (χ2n) is 2.70. The van der Waals surface area contributed by atoms with Gasteiger partial charge in [-0.3, -0.25) is 0 Å². The molecule has 66 valence electrons. The lowest BCUT2D eigenvalue weighted by molar-refractivity contribution is -0.645. The molecule has 1 rings (SSSR count). The molecule has 1 aromatic heterocycles. The summed E-state index contributed by atoms with van der Waals surface area (Å²) < 4.78 is 0.914. The summed E-state index contributed by atoms with van der Waals surface area (Å²) in [4.78, 5) is 0. The highest BCUT2D eigenvalue weighted by atomic mass is 32.2. The lowest BCUT2D eigenvalue weighted by Gasteiger charge is -2.07. The Morgan fingerprint density at radius 1 is 1.58 bits per heavy atom. The van der Waals surface area contributed by atoms with Crippen LogP contribution in [-0.4, -0.2) is 5.25 Å². The fourth-order valence-electron chi connectivity index (χ4n) is 0.793. The second kappa shape index (κ2) is 4.36. The second-order valence-corrected chi connectivity index (χ2v) is 4.16. The van der Waals surface area contributed by atoms with Gasteiger partial charge in [0.2, 0.25) is 0 Å². The van der Waals surface area contributed by atoms with E-state index in [1.165, 1.54) is 6.20 Å². The zero-order valence-corrected chi connectivity index (χ0v) is 8.17. The predicted molar refractivity (Wildman–Crippen MR) is 51.0 cm³/mol. The molecule has 1 heterocycles. The van der Waals surface area contributed by atoms with E-state index in [0.717, 1.165) is 16.2 Å². The summed E-state index contributed by atoms with van der Waals surface area (Å²) in [6, 6.07) is 5.48. The van der Waals surface area contributed by atoms with Gasteiger partial charge in [0.15, 0.2) is 6.20 Å². The highest BCUT2D eigenvalue weighted by molar-refractivity contribution is 7.99. The Morgan fingerprint density at radius 3 is 2.92 bits per heavy atom. The summed E-state index contributed by atoms with van der Waals surface area (Å²) in [5, 5.41) is 12.5. The van der Waals surface area contributed by atoms with Crippen LogP contribution in [0.1, 0.15) is 20.3 Å². The van der Waals surface area contributed by atoms with Crippen molar-refractivity contribution in [1.29, 1.82) is 0 Å². The maximum Gasteiger partial charge on any atom is 0.251 e. The van der Waals surface area contributed by atoms with Crippen LogP contribution < -0.4 is 4.73 Å². The minimum Gasteiger partial charge on any atom is -0.618 e. The number of pyridine rings is 1. The number of thioether (sulfide) groups is 1. The molecule has 0 saturated heterocycles. The Kier molecular flexibility index (Phi) is 3.41. The average molecular weight is 183 g/mol. The van der Waals surface area contributed by atoms with E-state index in [2.05, 4.69) is 13.8 Å². The molecular formula is C9H13NOS. The van der Waals surface area contributed by atoms with E-state index < -0.39 is 0 Å². The molecule has 0 aliphatic rings. The van der Waals surface area contributed by atoms with Crippen LogP contribution in [0.2, 0.25) is 0 Å². The van der Waals surface area contributed by atoms with Gasteiger partial charge in [0, 0.05) is 17.4 Å². The van der Waals surface area contributed by atoms with Crippen molar-refractivity contribution in [2.75, 3.05) is 0 Å². The largest absolute Gasteiger partial charge is 0.618 e. The van der Waals surface area contributed by atoms with Crippen LogP contribution >= 0.6 is 11.8 Å². The van der Waals surface area contributed by atoms with Gasteiger partial charge < -0.3 is 5.21 Å². The molecule has 1 aromatic rings. The molecule has 12 heavy (non-hydrogen) atoms. The van der Waals surface area contributed by atoms with Crippen molar-refractivity contribution in [2.24, 2.45) is 0 Å². The Balaban J connectivity index is 2.69. The monoisotopic (exact) mass is 183 g/mol. The van der Waals surface area contributed by atoms with Crippen LogP contribution in [-0.2, 0) is 0 Å². The summed E-state index contributed by atoms with van der Waals surface area (Å²) in [6.07, 6.45) is 2.62. The van der Waals surface area contributed by atoms with Crippen molar-refractivity contribution in [3.05, 3.63) is 29.6 Å². The average Bonchev–Trinajstić information content (AvgIpc) is 2.09. The van der Waals surface area contributed by atoms with Gasteiger partial charge in [0.25, 0.3) is 5.03 Å². The molecule has 0 N–H and O–H groups in total. The number of hydrogen-bond acceptors (Lipinski definition) is 2. The molecular weight excluding hydrogens is 170 g/mol. The van der Waals surface area contributed by atoms with Crippen molar-refractivity contribution < 1.29 is 4.73 Å². The number of aromatic nitrogens is 1. The first-order valence-electron chi connectivity index (χ1n) is 4.09. The van der Waals surface area contributed by atoms with Crippen LogP contribution in [0.4, 0.5) is 0 Å². The number of hydrogen-bond donors (Lipinski definition) is 0. The molecule has 0 aromatic carbocycles. The van der Waals surface area contributed by atoms with Crippen molar-refractivity contribution in [1.82, 2.24) is 0 Å². The zero-order chi connectivity index (χ0) is 8.97. The quantitative estimate of drug-likeness (QED) is 0.408. The van der Waals surface area contributed by atoms with Crippen LogP contribution in [0.3, 0.4) is 0 Å². The van der Waals surface area contributed by atoms with Crippen LogP contribution in [0, 0.1) is 5.21 Å². The van der Waals surface area contributed by atoms with Crippen LogP contribution in [0.5, 0.6) is 0 Å². The molecule has 0 spiro atoms. The fourth-order valence-corrected chi connectivity index (χ4v) is 1.69. The maximum absolute atomic E-state index is 11.2.